The molecule has 116 valence electrons. The van der Waals surface area contributed by atoms with Gasteiger partial charge >= 0.3 is 0 Å². The number of rotatable bonds is 7. The van der Waals surface area contributed by atoms with Crippen LogP contribution in [0.3, 0.4) is 0 Å². The first-order valence-corrected chi connectivity index (χ1v) is 8.09. The van der Waals surface area contributed by atoms with Gasteiger partial charge < -0.3 is 5.32 Å². The number of aryl methyl sites for hydroxylation is 2. The normalized spacial score (nSPS) is 10.7. The van der Waals surface area contributed by atoms with Crippen LogP contribution >= 0.6 is 0 Å². The van der Waals surface area contributed by atoms with E-state index in [1.807, 2.05) is 32.0 Å². The van der Waals surface area contributed by atoms with E-state index in [-0.39, 0.29) is 11.8 Å². The average Bonchev–Trinajstić information content (AvgIpc) is 2.54. The third kappa shape index (κ3) is 5.03. The first kappa shape index (κ1) is 16.3. The fourth-order valence-electron chi connectivity index (χ4n) is 2.43. The van der Waals surface area contributed by atoms with Crippen molar-refractivity contribution in [2.45, 2.75) is 39.5 Å². The number of benzene rings is 2. The summed E-state index contributed by atoms with van der Waals surface area (Å²) in [5.74, 6) is 0.0860. The van der Waals surface area contributed by atoms with E-state index in [2.05, 4.69) is 41.7 Å². The van der Waals surface area contributed by atoms with E-state index in [1.165, 1.54) is 11.1 Å². The highest BCUT2D eigenvalue weighted by atomic mass is 16.1. The van der Waals surface area contributed by atoms with Crippen LogP contribution in [0.1, 0.15) is 37.8 Å². The zero-order chi connectivity index (χ0) is 15.8. The van der Waals surface area contributed by atoms with Gasteiger partial charge in [-0.15, -0.1) is 0 Å². The molecule has 2 aromatic carbocycles. The molecule has 0 aliphatic rings. The molecule has 0 spiro atoms. The van der Waals surface area contributed by atoms with Gasteiger partial charge in [-0.25, -0.2) is 0 Å². The highest BCUT2D eigenvalue weighted by Gasteiger charge is 2.09. The Bertz CT molecular complexity index is 590. The van der Waals surface area contributed by atoms with Crippen molar-refractivity contribution in [2.75, 3.05) is 5.32 Å². The molecular weight excluding hydrogens is 270 g/mol. The van der Waals surface area contributed by atoms with Gasteiger partial charge in [-0.3, -0.25) is 4.79 Å². The molecule has 2 aromatic rings. The monoisotopic (exact) mass is 295 g/mol. The van der Waals surface area contributed by atoms with Crippen LogP contribution in [0.25, 0.3) is 0 Å². The Hall–Kier alpha value is -2.09. The summed E-state index contributed by atoms with van der Waals surface area (Å²) in [4.78, 5) is 11.9. The van der Waals surface area contributed by atoms with Gasteiger partial charge in [-0.05, 0) is 42.9 Å². The summed E-state index contributed by atoms with van der Waals surface area (Å²) in [5.41, 5.74) is 3.58. The minimum absolute atomic E-state index is 0.00568. The maximum Gasteiger partial charge on any atom is 0.226 e. The molecule has 2 heteroatoms. The Morgan fingerprint density at radius 1 is 0.909 bits per heavy atom. The molecule has 0 bridgehead atoms. The maximum atomic E-state index is 11.9. The van der Waals surface area contributed by atoms with Gasteiger partial charge in [0.05, 0.1) is 0 Å². The van der Waals surface area contributed by atoms with Crippen molar-refractivity contribution in [1.82, 2.24) is 0 Å². The van der Waals surface area contributed by atoms with Crippen LogP contribution < -0.4 is 5.32 Å². The van der Waals surface area contributed by atoms with E-state index in [0.717, 1.165) is 31.4 Å². The lowest BCUT2D eigenvalue weighted by molar-refractivity contribution is -0.118. The SMILES string of the molecule is CC(C)C(=O)Nc1ccccc1CCCCc1ccccc1. The van der Waals surface area contributed by atoms with Crippen LogP contribution in [0.2, 0.25) is 0 Å². The van der Waals surface area contributed by atoms with Crippen LogP contribution in [0.15, 0.2) is 54.6 Å². The molecular formula is C20H25NO. The third-order valence-corrected chi connectivity index (χ3v) is 3.80. The van der Waals surface area contributed by atoms with Crippen LogP contribution in [0, 0.1) is 5.92 Å². The average molecular weight is 295 g/mol. The standard InChI is InChI=1S/C20H25NO/c1-16(2)20(22)21-19-15-9-8-14-18(19)13-7-6-12-17-10-4-3-5-11-17/h3-5,8-11,14-16H,6-7,12-13H2,1-2H3,(H,21,22). The molecule has 0 aromatic heterocycles. The maximum absolute atomic E-state index is 11.9. The lowest BCUT2D eigenvalue weighted by Gasteiger charge is -2.12. The quantitative estimate of drug-likeness (QED) is 0.727. The van der Waals surface area contributed by atoms with Gasteiger partial charge in [0, 0.05) is 11.6 Å². The van der Waals surface area contributed by atoms with Gasteiger partial charge in [-0.1, -0.05) is 62.4 Å². The Balaban J connectivity index is 1.86. The largest absolute Gasteiger partial charge is 0.326 e. The smallest absolute Gasteiger partial charge is 0.226 e. The summed E-state index contributed by atoms with van der Waals surface area (Å²) in [7, 11) is 0. The second kappa shape index (κ2) is 8.38. The van der Waals surface area contributed by atoms with Crippen LogP contribution in [-0.2, 0) is 17.6 Å². The molecule has 2 rings (SSSR count). The lowest BCUT2D eigenvalue weighted by Crippen LogP contribution is -2.18. The van der Waals surface area contributed by atoms with Gasteiger partial charge in [-0.2, -0.15) is 0 Å². The van der Waals surface area contributed by atoms with Crippen molar-refractivity contribution >= 4 is 11.6 Å². The van der Waals surface area contributed by atoms with Crippen molar-refractivity contribution in [3.05, 3.63) is 65.7 Å². The fraction of sp³-hybridized carbons (Fsp3) is 0.350. The summed E-state index contributed by atoms with van der Waals surface area (Å²) >= 11 is 0. The number of nitrogens with one attached hydrogen (secondary N) is 1. The van der Waals surface area contributed by atoms with E-state index in [9.17, 15) is 4.79 Å². The van der Waals surface area contributed by atoms with E-state index >= 15 is 0 Å². The van der Waals surface area contributed by atoms with Crippen molar-refractivity contribution in [3.8, 4) is 0 Å². The zero-order valence-electron chi connectivity index (χ0n) is 13.5. The third-order valence-electron chi connectivity index (χ3n) is 3.80. The molecule has 0 unspecified atom stereocenters. The van der Waals surface area contributed by atoms with Gasteiger partial charge in [0.1, 0.15) is 0 Å². The number of carbonyl (C=O) groups excluding carboxylic acids is 1. The van der Waals surface area contributed by atoms with Crippen LogP contribution in [0.5, 0.6) is 0 Å². The van der Waals surface area contributed by atoms with Crippen molar-refractivity contribution in [1.29, 1.82) is 0 Å². The molecule has 0 saturated carbocycles. The number of anilines is 1. The fourth-order valence-corrected chi connectivity index (χ4v) is 2.43. The Morgan fingerprint density at radius 3 is 2.27 bits per heavy atom. The molecule has 1 amide bonds. The number of hydrogen-bond acceptors (Lipinski definition) is 1. The Morgan fingerprint density at radius 2 is 1.55 bits per heavy atom. The van der Waals surface area contributed by atoms with Gasteiger partial charge in [0.25, 0.3) is 0 Å². The van der Waals surface area contributed by atoms with E-state index in [1.54, 1.807) is 0 Å². The molecule has 0 aliphatic heterocycles. The van der Waals surface area contributed by atoms with Crippen LogP contribution in [-0.4, -0.2) is 5.91 Å². The summed E-state index contributed by atoms with van der Waals surface area (Å²) in [6, 6.07) is 18.7. The Kier molecular flexibility index (Phi) is 6.20. The lowest BCUT2D eigenvalue weighted by atomic mass is 10.0. The van der Waals surface area contributed by atoms with Crippen LogP contribution in [0.4, 0.5) is 5.69 Å². The number of carbonyl (C=O) groups is 1. The first-order valence-electron chi connectivity index (χ1n) is 8.09. The molecule has 0 atom stereocenters. The molecule has 0 radical (unpaired) electrons. The highest BCUT2D eigenvalue weighted by molar-refractivity contribution is 5.92. The molecule has 0 saturated heterocycles. The molecule has 22 heavy (non-hydrogen) atoms. The minimum atomic E-state index is 0.00568. The summed E-state index contributed by atoms with van der Waals surface area (Å²) in [6.45, 7) is 3.83. The van der Waals surface area contributed by atoms with Crippen molar-refractivity contribution in [3.63, 3.8) is 0 Å². The van der Waals surface area contributed by atoms with E-state index in [0.29, 0.717) is 0 Å². The minimum Gasteiger partial charge on any atom is -0.326 e. The molecule has 0 heterocycles. The second-order valence-electron chi connectivity index (χ2n) is 5.99. The predicted octanol–water partition coefficient (Wildman–Crippen LogP) is 4.85. The predicted molar refractivity (Wildman–Crippen MR) is 93.0 cm³/mol. The van der Waals surface area contributed by atoms with Gasteiger partial charge in [0.15, 0.2) is 0 Å². The highest BCUT2D eigenvalue weighted by Crippen LogP contribution is 2.19. The van der Waals surface area contributed by atoms with E-state index in [4.69, 9.17) is 0 Å². The molecule has 2 nitrogen and oxygen atoms in total. The Labute approximate surface area is 133 Å². The van der Waals surface area contributed by atoms with Gasteiger partial charge in [0.2, 0.25) is 5.91 Å². The topological polar surface area (TPSA) is 29.1 Å². The second-order valence-corrected chi connectivity index (χ2v) is 5.99. The zero-order valence-corrected chi connectivity index (χ0v) is 13.5. The van der Waals surface area contributed by atoms with Crippen molar-refractivity contribution in [2.24, 2.45) is 5.92 Å². The summed E-state index contributed by atoms with van der Waals surface area (Å²) < 4.78 is 0. The first-order chi connectivity index (χ1) is 10.7. The summed E-state index contributed by atoms with van der Waals surface area (Å²) in [6.07, 6.45) is 4.41. The number of hydrogen-bond donors (Lipinski definition) is 1. The molecule has 0 aliphatic carbocycles. The number of para-hydroxylation sites is 1. The molecule has 1 N–H and O–H groups in total. The van der Waals surface area contributed by atoms with E-state index < -0.39 is 0 Å². The van der Waals surface area contributed by atoms with Crippen molar-refractivity contribution < 1.29 is 4.79 Å². The number of amides is 1. The molecule has 0 fully saturated rings. The summed E-state index contributed by atoms with van der Waals surface area (Å²) in [5, 5.41) is 3.03. The number of unbranched alkanes of at least 4 members (excludes halogenated alkanes) is 1.